The molecule has 6 nitrogen and oxygen atoms in total. The minimum atomic E-state index is -0.326. The number of benzene rings is 1. The fraction of sp³-hybridized carbons (Fsp3) is 0.318. The summed E-state index contributed by atoms with van der Waals surface area (Å²) in [5.74, 6) is 1.17. The Balaban J connectivity index is 1.90. The van der Waals surface area contributed by atoms with E-state index in [9.17, 15) is 4.79 Å². The lowest BCUT2D eigenvalue weighted by Gasteiger charge is -2.23. The molecule has 0 saturated carbocycles. The Morgan fingerprint density at radius 1 is 1.14 bits per heavy atom. The standard InChI is InChI=1S/C22H25ClN4O2/c1-13(2)20(16-6-8-17(29-5)9-7-16)25-22(28)21-18(23)10-11-19(24-21)27-15(4)12-14(3)26-27/h6-13,20H,1-5H3,(H,25,28). The van der Waals surface area contributed by atoms with Gasteiger partial charge in [-0.05, 0) is 55.7 Å². The van der Waals surface area contributed by atoms with E-state index >= 15 is 0 Å². The number of hydrogen-bond acceptors (Lipinski definition) is 4. The van der Waals surface area contributed by atoms with Crippen LogP contribution in [0.25, 0.3) is 5.82 Å². The summed E-state index contributed by atoms with van der Waals surface area (Å²) < 4.78 is 6.92. The van der Waals surface area contributed by atoms with Crippen LogP contribution in [0.1, 0.15) is 47.3 Å². The van der Waals surface area contributed by atoms with Crippen LogP contribution in [-0.2, 0) is 0 Å². The second kappa shape index (κ2) is 8.66. The van der Waals surface area contributed by atoms with Crippen LogP contribution in [0.5, 0.6) is 5.75 Å². The maximum atomic E-state index is 13.0. The van der Waals surface area contributed by atoms with Gasteiger partial charge in [-0.2, -0.15) is 5.10 Å². The molecule has 0 radical (unpaired) electrons. The van der Waals surface area contributed by atoms with E-state index in [0.717, 1.165) is 22.7 Å². The molecule has 1 amide bonds. The summed E-state index contributed by atoms with van der Waals surface area (Å²) in [6, 6.07) is 12.8. The molecule has 0 saturated heterocycles. The minimum absolute atomic E-state index is 0.172. The molecule has 0 spiro atoms. The number of carbonyl (C=O) groups excluding carboxylic acids is 1. The number of pyridine rings is 1. The number of halogens is 1. The van der Waals surface area contributed by atoms with Gasteiger partial charge in [-0.15, -0.1) is 0 Å². The van der Waals surface area contributed by atoms with Crippen molar-refractivity contribution in [2.75, 3.05) is 7.11 Å². The van der Waals surface area contributed by atoms with E-state index < -0.39 is 0 Å². The molecule has 1 unspecified atom stereocenters. The Morgan fingerprint density at radius 2 is 1.83 bits per heavy atom. The molecule has 152 valence electrons. The average molecular weight is 413 g/mol. The summed E-state index contributed by atoms with van der Waals surface area (Å²) in [6.45, 7) is 7.96. The summed E-state index contributed by atoms with van der Waals surface area (Å²) in [4.78, 5) is 17.5. The lowest BCUT2D eigenvalue weighted by Crippen LogP contribution is -2.32. The van der Waals surface area contributed by atoms with Gasteiger partial charge in [0, 0.05) is 5.69 Å². The van der Waals surface area contributed by atoms with Crippen molar-refractivity contribution in [1.29, 1.82) is 0 Å². The molecule has 1 aromatic carbocycles. The highest BCUT2D eigenvalue weighted by Gasteiger charge is 2.22. The average Bonchev–Trinajstić information content (AvgIpc) is 3.04. The van der Waals surface area contributed by atoms with E-state index in [2.05, 4.69) is 29.2 Å². The molecule has 0 aliphatic carbocycles. The first-order chi connectivity index (χ1) is 13.8. The van der Waals surface area contributed by atoms with Crippen molar-refractivity contribution in [1.82, 2.24) is 20.1 Å². The van der Waals surface area contributed by atoms with E-state index in [1.807, 2.05) is 44.2 Å². The molecule has 7 heteroatoms. The van der Waals surface area contributed by atoms with Crippen molar-refractivity contribution in [2.24, 2.45) is 5.92 Å². The van der Waals surface area contributed by atoms with Gasteiger partial charge in [0.05, 0.1) is 23.9 Å². The number of aromatic nitrogens is 3. The number of aryl methyl sites for hydroxylation is 2. The molecule has 0 bridgehead atoms. The number of carbonyl (C=O) groups is 1. The van der Waals surface area contributed by atoms with Crippen molar-refractivity contribution in [3.8, 4) is 11.6 Å². The summed E-state index contributed by atoms with van der Waals surface area (Å²) >= 11 is 6.30. The zero-order valence-electron chi connectivity index (χ0n) is 17.2. The number of methoxy groups -OCH3 is 1. The van der Waals surface area contributed by atoms with Gasteiger partial charge in [0.25, 0.3) is 5.91 Å². The fourth-order valence-corrected chi connectivity index (χ4v) is 3.42. The van der Waals surface area contributed by atoms with E-state index in [0.29, 0.717) is 10.8 Å². The molecule has 29 heavy (non-hydrogen) atoms. The third-order valence-electron chi connectivity index (χ3n) is 4.70. The van der Waals surface area contributed by atoms with Gasteiger partial charge in [-0.25, -0.2) is 9.67 Å². The van der Waals surface area contributed by atoms with Crippen LogP contribution in [0.3, 0.4) is 0 Å². The Bertz CT molecular complexity index is 1010. The van der Waals surface area contributed by atoms with Crippen molar-refractivity contribution >= 4 is 17.5 Å². The van der Waals surface area contributed by atoms with Gasteiger partial charge in [0.1, 0.15) is 11.4 Å². The molecule has 1 atom stereocenters. The van der Waals surface area contributed by atoms with Gasteiger partial charge in [-0.3, -0.25) is 4.79 Å². The summed E-state index contributed by atoms with van der Waals surface area (Å²) in [5, 5.41) is 7.80. The molecule has 0 aliphatic rings. The zero-order chi connectivity index (χ0) is 21.1. The largest absolute Gasteiger partial charge is 0.497 e. The second-order valence-corrected chi connectivity index (χ2v) is 7.71. The van der Waals surface area contributed by atoms with Crippen molar-refractivity contribution < 1.29 is 9.53 Å². The molecule has 0 aliphatic heterocycles. The maximum Gasteiger partial charge on any atom is 0.272 e. The highest BCUT2D eigenvalue weighted by molar-refractivity contribution is 6.33. The summed E-state index contributed by atoms with van der Waals surface area (Å²) in [6.07, 6.45) is 0. The molecular formula is C22H25ClN4O2. The third-order valence-corrected chi connectivity index (χ3v) is 5.01. The van der Waals surface area contributed by atoms with E-state index in [1.165, 1.54) is 0 Å². The lowest BCUT2D eigenvalue weighted by atomic mass is 9.95. The monoisotopic (exact) mass is 412 g/mol. The molecule has 3 rings (SSSR count). The molecule has 0 fully saturated rings. The van der Waals surface area contributed by atoms with Crippen molar-refractivity contribution in [3.05, 3.63) is 70.1 Å². The zero-order valence-corrected chi connectivity index (χ0v) is 18.0. The van der Waals surface area contributed by atoms with E-state index in [1.54, 1.807) is 23.9 Å². The van der Waals surface area contributed by atoms with Crippen LogP contribution in [-0.4, -0.2) is 27.8 Å². The Morgan fingerprint density at radius 3 is 2.38 bits per heavy atom. The van der Waals surface area contributed by atoms with Crippen LogP contribution >= 0.6 is 11.6 Å². The second-order valence-electron chi connectivity index (χ2n) is 7.31. The number of nitrogens with zero attached hydrogens (tertiary/aromatic N) is 3. The third kappa shape index (κ3) is 4.59. The number of hydrogen-bond donors (Lipinski definition) is 1. The number of amides is 1. The van der Waals surface area contributed by atoms with Gasteiger partial charge in [-0.1, -0.05) is 37.6 Å². The first kappa shape index (κ1) is 20.9. The quantitative estimate of drug-likeness (QED) is 0.638. The van der Waals surface area contributed by atoms with Crippen molar-refractivity contribution in [3.63, 3.8) is 0 Å². The van der Waals surface area contributed by atoms with Crippen LogP contribution < -0.4 is 10.1 Å². The van der Waals surface area contributed by atoms with Gasteiger partial charge in [0.2, 0.25) is 0 Å². The van der Waals surface area contributed by atoms with E-state index in [-0.39, 0.29) is 23.6 Å². The normalized spacial score (nSPS) is 12.1. The number of rotatable bonds is 6. The molecule has 2 aromatic heterocycles. The van der Waals surface area contributed by atoms with Crippen LogP contribution in [0.15, 0.2) is 42.5 Å². The number of nitrogens with one attached hydrogen (secondary N) is 1. The van der Waals surface area contributed by atoms with Crippen LogP contribution in [0.2, 0.25) is 5.02 Å². The van der Waals surface area contributed by atoms with E-state index in [4.69, 9.17) is 16.3 Å². The van der Waals surface area contributed by atoms with Gasteiger partial charge in [0.15, 0.2) is 5.82 Å². The Kier molecular flexibility index (Phi) is 6.23. The first-order valence-electron chi connectivity index (χ1n) is 9.45. The lowest BCUT2D eigenvalue weighted by molar-refractivity contribution is 0.0920. The first-order valence-corrected chi connectivity index (χ1v) is 9.83. The molecule has 3 aromatic rings. The molecule has 1 N–H and O–H groups in total. The molecular weight excluding hydrogens is 388 g/mol. The Hall–Kier alpha value is -2.86. The van der Waals surface area contributed by atoms with Gasteiger partial charge >= 0.3 is 0 Å². The summed E-state index contributed by atoms with van der Waals surface area (Å²) in [7, 11) is 1.63. The molecule has 2 heterocycles. The predicted octanol–water partition coefficient (Wildman–Crippen LogP) is 4.67. The van der Waals surface area contributed by atoms with Gasteiger partial charge < -0.3 is 10.1 Å². The maximum absolute atomic E-state index is 13.0. The van der Waals surface area contributed by atoms with Crippen LogP contribution in [0, 0.1) is 19.8 Å². The highest BCUT2D eigenvalue weighted by Crippen LogP contribution is 2.25. The highest BCUT2D eigenvalue weighted by atomic mass is 35.5. The smallest absolute Gasteiger partial charge is 0.272 e. The topological polar surface area (TPSA) is 69.0 Å². The predicted molar refractivity (Wildman–Crippen MR) is 114 cm³/mol. The van der Waals surface area contributed by atoms with Crippen LogP contribution in [0.4, 0.5) is 0 Å². The van der Waals surface area contributed by atoms with Crippen molar-refractivity contribution in [2.45, 2.75) is 33.7 Å². The minimum Gasteiger partial charge on any atom is -0.497 e. The fourth-order valence-electron chi connectivity index (χ4n) is 3.23. The Labute approximate surface area is 175 Å². The SMILES string of the molecule is COc1ccc(C(NC(=O)c2nc(-n3nc(C)cc3C)ccc2Cl)C(C)C)cc1. The summed E-state index contributed by atoms with van der Waals surface area (Å²) in [5.41, 5.74) is 2.97. The number of ether oxygens (including phenoxy) is 1.